The molecular weight excluding hydrogens is 280 g/mol. The van der Waals surface area contributed by atoms with Gasteiger partial charge in [0, 0.05) is 36.8 Å². The highest BCUT2D eigenvalue weighted by Gasteiger charge is 2.14. The minimum Gasteiger partial charge on any atom is -0.329 e. The van der Waals surface area contributed by atoms with Gasteiger partial charge >= 0.3 is 0 Å². The van der Waals surface area contributed by atoms with Crippen LogP contribution < -0.4 is 5.56 Å². The minimum absolute atomic E-state index is 0.245. The van der Waals surface area contributed by atoms with Gasteiger partial charge in [-0.05, 0) is 23.8 Å². The van der Waals surface area contributed by atoms with Gasteiger partial charge in [-0.2, -0.15) is 0 Å². The summed E-state index contributed by atoms with van der Waals surface area (Å²) in [5.74, 6) is 0.597. The molecule has 3 heterocycles. The zero-order valence-corrected chi connectivity index (χ0v) is 11.5. The molecule has 0 aromatic carbocycles. The molecule has 0 aliphatic rings. The maximum absolute atomic E-state index is 12.3. The molecule has 0 spiro atoms. The molecule has 6 heteroatoms. The molecule has 1 radical (unpaired) electrons. The number of aromatic amines is 1. The number of aldehydes is 1. The lowest BCUT2D eigenvalue weighted by Gasteiger charge is -2.09. The molecule has 3 rings (SSSR count). The number of nitrogens with zero attached hydrogens (tertiary/aromatic N) is 3. The number of hydrogen-bond acceptors (Lipinski definition) is 5. The summed E-state index contributed by atoms with van der Waals surface area (Å²) in [6.45, 7) is 0. The number of carbonyl (C=O) groups excluding carboxylic acids is 1. The van der Waals surface area contributed by atoms with Crippen LogP contribution in [0.15, 0.2) is 47.8 Å². The van der Waals surface area contributed by atoms with Crippen molar-refractivity contribution in [1.82, 2.24) is 19.9 Å². The van der Waals surface area contributed by atoms with Gasteiger partial charge in [-0.3, -0.25) is 14.6 Å². The number of H-pyrrole nitrogens is 1. The monoisotopic (exact) mass is 291 g/mol. The predicted octanol–water partition coefficient (Wildman–Crippen LogP) is 1.43. The Morgan fingerprint density at radius 3 is 2.77 bits per heavy atom. The van der Waals surface area contributed by atoms with E-state index in [0.717, 1.165) is 5.56 Å². The molecule has 0 unspecified atom stereocenters. The van der Waals surface area contributed by atoms with E-state index >= 15 is 0 Å². The van der Waals surface area contributed by atoms with Crippen LogP contribution in [0.25, 0.3) is 11.1 Å². The lowest BCUT2D eigenvalue weighted by molar-refractivity contribution is 0.112. The normalized spacial score (nSPS) is 10.4. The van der Waals surface area contributed by atoms with Crippen molar-refractivity contribution in [3.8, 4) is 11.1 Å². The molecule has 0 amide bonds. The Labute approximate surface area is 125 Å². The Bertz CT molecular complexity index is 859. The molecule has 0 aliphatic heterocycles. The zero-order valence-electron chi connectivity index (χ0n) is 11.5. The first kappa shape index (κ1) is 13.8. The van der Waals surface area contributed by atoms with Crippen LogP contribution in [-0.4, -0.2) is 26.2 Å². The lowest BCUT2D eigenvalue weighted by atomic mass is 9.97. The maximum Gasteiger partial charge on any atom is 0.256 e. The van der Waals surface area contributed by atoms with Crippen LogP contribution in [-0.2, 0) is 6.42 Å². The Morgan fingerprint density at radius 2 is 2.00 bits per heavy atom. The highest BCUT2D eigenvalue weighted by Crippen LogP contribution is 2.23. The molecule has 0 fully saturated rings. The highest BCUT2D eigenvalue weighted by atomic mass is 16.1. The number of carbonyl (C=O) groups is 1. The van der Waals surface area contributed by atoms with Crippen LogP contribution >= 0.6 is 0 Å². The van der Waals surface area contributed by atoms with Gasteiger partial charge in [0.25, 0.3) is 5.56 Å². The lowest BCUT2D eigenvalue weighted by Crippen LogP contribution is -2.13. The number of pyridine rings is 2. The topological polar surface area (TPSA) is 88.6 Å². The Morgan fingerprint density at radius 1 is 1.18 bits per heavy atom. The second-order valence-electron chi connectivity index (χ2n) is 4.55. The Kier molecular flexibility index (Phi) is 3.82. The van der Waals surface area contributed by atoms with Crippen molar-refractivity contribution < 1.29 is 4.79 Å². The summed E-state index contributed by atoms with van der Waals surface area (Å²) >= 11 is 0. The number of rotatable bonds is 4. The summed E-state index contributed by atoms with van der Waals surface area (Å²) in [6.07, 6.45) is 9.98. The van der Waals surface area contributed by atoms with Crippen LogP contribution in [0.1, 0.15) is 21.7 Å². The van der Waals surface area contributed by atoms with Crippen molar-refractivity contribution >= 4 is 6.29 Å². The quantitative estimate of drug-likeness (QED) is 0.735. The second kappa shape index (κ2) is 6.09. The van der Waals surface area contributed by atoms with Crippen LogP contribution in [0.5, 0.6) is 0 Å². The molecule has 3 aromatic rings. The molecule has 107 valence electrons. The van der Waals surface area contributed by atoms with Crippen molar-refractivity contribution in [3.63, 3.8) is 0 Å². The second-order valence-corrected chi connectivity index (χ2v) is 4.55. The van der Waals surface area contributed by atoms with Gasteiger partial charge in [0.2, 0.25) is 0 Å². The van der Waals surface area contributed by atoms with Crippen LogP contribution in [0.2, 0.25) is 0 Å². The number of hydrogen-bond donors (Lipinski definition) is 1. The summed E-state index contributed by atoms with van der Waals surface area (Å²) in [5, 5.41) is 0. The third-order valence-corrected chi connectivity index (χ3v) is 3.19. The molecule has 0 aliphatic carbocycles. The van der Waals surface area contributed by atoms with Crippen LogP contribution in [0.3, 0.4) is 0 Å². The van der Waals surface area contributed by atoms with Gasteiger partial charge in [-0.1, -0.05) is 0 Å². The smallest absolute Gasteiger partial charge is 0.256 e. The van der Waals surface area contributed by atoms with Gasteiger partial charge in [-0.25, -0.2) is 9.97 Å². The van der Waals surface area contributed by atoms with E-state index in [2.05, 4.69) is 26.1 Å². The Hall–Kier alpha value is -3.15. The Balaban J connectivity index is 2.15. The summed E-state index contributed by atoms with van der Waals surface area (Å²) in [4.78, 5) is 38.2. The van der Waals surface area contributed by atoms with Crippen LogP contribution in [0, 0.1) is 6.20 Å². The average Bonchev–Trinajstić information content (AvgIpc) is 2.56. The number of nitrogens with one attached hydrogen (secondary N) is 1. The van der Waals surface area contributed by atoms with Gasteiger partial charge < -0.3 is 4.98 Å². The van der Waals surface area contributed by atoms with E-state index in [1.807, 2.05) is 0 Å². The molecule has 0 bridgehead atoms. The molecule has 0 saturated carbocycles. The van der Waals surface area contributed by atoms with E-state index in [-0.39, 0.29) is 11.1 Å². The van der Waals surface area contributed by atoms with Gasteiger partial charge in [-0.15, -0.1) is 0 Å². The first-order valence-electron chi connectivity index (χ1n) is 6.58. The first-order valence-corrected chi connectivity index (χ1v) is 6.58. The highest BCUT2D eigenvalue weighted by molar-refractivity contribution is 5.87. The largest absolute Gasteiger partial charge is 0.329 e. The molecule has 1 N–H and O–H groups in total. The van der Waals surface area contributed by atoms with E-state index in [0.29, 0.717) is 29.7 Å². The molecule has 22 heavy (non-hydrogen) atoms. The van der Waals surface area contributed by atoms with Crippen LogP contribution in [0.4, 0.5) is 0 Å². The van der Waals surface area contributed by atoms with E-state index < -0.39 is 0 Å². The predicted molar refractivity (Wildman–Crippen MR) is 79.4 cm³/mol. The first-order chi connectivity index (χ1) is 10.8. The molecular formula is C16H11N4O2. The van der Waals surface area contributed by atoms with E-state index in [9.17, 15) is 9.59 Å². The summed E-state index contributed by atoms with van der Waals surface area (Å²) < 4.78 is 0. The van der Waals surface area contributed by atoms with Crippen molar-refractivity contribution in [2.75, 3.05) is 0 Å². The van der Waals surface area contributed by atoms with Gasteiger partial charge in [0.1, 0.15) is 12.0 Å². The number of aromatic nitrogens is 4. The third-order valence-electron chi connectivity index (χ3n) is 3.19. The molecule has 3 aromatic heterocycles. The minimum atomic E-state index is -0.281. The van der Waals surface area contributed by atoms with Crippen molar-refractivity contribution in [3.05, 3.63) is 76.5 Å². The van der Waals surface area contributed by atoms with Crippen molar-refractivity contribution in [2.45, 2.75) is 6.42 Å². The summed E-state index contributed by atoms with van der Waals surface area (Å²) in [7, 11) is 0. The fourth-order valence-corrected chi connectivity index (χ4v) is 2.23. The van der Waals surface area contributed by atoms with E-state index in [1.165, 1.54) is 6.20 Å². The van der Waals surface area contributed by atoms with E-state index in [4.69, 9.17) is 0 Å². The third kappa shape index (κ3) is 2.67. The molecule has 6 nitrogen and oxygen atoms in total. The molecule has 0 saturated heterocycles. The summed E-state index contributed by atoms with van der Waals surface area (Å²) in [5.41, 5.74) is 1.61. The standard InChI is InChI=1S/C16H11N4O2/c21-10-12-9-17-6-3-13(12)15-11(2-7-20-16(15)22)8-14-18-4-1-5-19-14/h1-7,10H,8H2,(H,20,22). The maximum atomic E-state index is 12.3. The van der Waals surface area contributed by atoms with Crippen molar-refractivity contribution in [2.24, 2.45) is 0 Å². The SMILES string of the molecule is O=Cc1[c]nccc1-c1c(Cc2ncccn2)cc[nH]c1=O. The zero-order chi connectivity index (χ0) is 15.4. The van der Waals surface area contributed by atoms with Crippen molar-refractivity contribution in [1.29, 1.82) is 0 Å². The molecule has 0 atom stereocenters. The fraction of sp³-hybridized carbons (Fsp3) is 0.0625. The summed E-state index contributed by atoms with van der Waals surface area (Å²) in [6, 6.07) is 5.13. The van der Waals surface area contributed by atoms with Gasteiger partial charge in [0.05, 0.1) is 11.1 Å². The van der Waals surface area contributed by atoms with E-state index in [1.54, 1.807) is 36.8 Å². The fourth-order valence-electron chi connectivity index (χ4n) is 2.23. The van der Waals surface area contributed by atoms with Gasteiger partial charge in [0.15, 0.2) is 6.29 Å². The average molecular weight is 291 g/mol.